The summed E-state index contributed by atoms with van der Waals surface area (Å²) < 4.78 is 13.5. The summed E-state index contributed by atoms with van der Waals surface area (Å²) in [5, 5.41) is 3.67. The van der Waals surface area contributed by atoms with Gasteiger partial charge in [-0.25, -0.2) is 4.39 Å². The molecule has 0 bridgehead atoms. The average molecular weight is 299 g/mol. The van der Waals surface area contributed by atoms with Crippen molar-refractivity contribution in [3.05, 3.63) is 51.2 Å². The third-order valence-corrected chi connectivity index (χ3v) is 4.20. The van der Waals surface area contributed by atoms with Crippen molar-refractivity contribution < 1.29 is 4.39 Å². The molecule has 1 heterocycles. The molecule has 102 valence electrons. The van der Waals surface area contributed by atoms with Gasteiger partial charge in [0, 0.05) is 17.1 Å². The van der Waals surface area contributed by atoms with Crippen LogP contribution in [-0.4, -0.2) is 11.5 Å². The molecule has 1 N–H and O–H groups in total. The van der Waals surface area contributed by atoms with Gasteiger partial charge in [0.05, 0.1) is 10.5 Å². The van der Waals surface area contributed by atoms with Crippen molar-refractivity contribution in [2.75, 3.05) is 6.54 Å². The highest BCUT2D eigenvalue weighted by Crippen LogP contribution is 2.27. The molecule has 5 heteroatoms. The smallest absolute Gasteiger partial charge is 0.142 e. The van der Waals surface area contributed by atoms with E-state index in [1.807, 2.05) is 17.8 Å². The number of hydrogen-bond acceptors (Lipinski definition) is 3. The third-order valence-electron chi connectivity index (χ3n) is 2.89. The lowest BCUT2D eigenvalue weighted by Crippen LogP contribution is -2.23. The van der Waals surface area contributed by atoms with Crippen molar-refractivity contribution >= 4 is 22.9 Å². The molecule has 1 aromatic heterocycles. The van der Waals surface area contributed by atoms with Crippen LogP contribution in [0.2, 0.25) is 5.02 Å². The number of hydrogen-bond donors (Lipinski definition) is 1. The first-order valence-electron chi connectivity index (χ1n) is 6.27. The lowest BCUT2D eigenvalue weighted by molar-refractivity contribution is 0.533. The van der Waals surface area contributed by atoms with Gasteiger partial charge < -0.3 is 5.32 Å². The molecule has 0 saturated heterocycles. The highest BCUT2D eigenvalue weighted by Gasteiger charge is 2.16. The van der Waals surface area contributed by atoms with E-state index in [4.69, 9.17) is 11.6 Å². The Kier molecular flexibility index (Phi) is 5.31. The Hall–Kier alpha value is -0.970. The van der Waals surface area contributed by atoms with Gasteiger partial charge in [-0.05, 0) is 31.0 Å². The molecule has 1 aromatic carbocycles. The Morgan fingerprint density at radius 3 is 3.00 bits per heavy atom. The first kappa shape index (κ1) is 14.4. The van der Waals surface area contributed by atoms with Gasteiger partial charge in [0.2, 0.25) is 0 Å². The first-order valence-corrected chi connectivity index (χ1v) is 7.52. The molecule has 0 amide bonds. The molecule has 2 rings (SSSR count). The molecule has 0 aliphatic rings. The van der Waals surface area contributed by atoms with E-state index in [0.717, 1.165) is 23.4 Å². The molecule has 0 fully saturated rings. The Morgan fingerprint density at radius 1 is 1.47 bits per heavy atom. The minimum absolute atomic E-state index is 0.131. The van der Waals surface area contributed by atoms with Crippen LogP contribution in [0.1, 0.15) is 29.8 Å². The van der Waals surface area contributed by atoms with Gasteiger partial charge in [-0.3, -0.25) is 4.98 Å². The van der Waals surface area contributed by atoms with E-state index in [9.17, 15) is 4.39 Å². The lowest BCUT2D eigenvalue weighted by Gasteiger charge is -2.17. The second kappa shape index (κ2) is 6.98. The van der Waals surface area contributed by atoms with E-state index in [-0.39, 0.29) is 16.9 Å². The summed E-state index contributed by atoms with van der Waals surface area (Å²) in [7, 11) is 0. The van der Waals surface area contributed by atoms with Gasteiger partial charge in [0.25, 0.3) is 0 Å². The molecule has 2 aromatic rings. The van der Waals surface area contributed by atoms with Gasteiger partial charge in [-0.1, -0.05) is 30.7 Å². The molecular weight excluding hydrogens is 283 g/mol. The summed E-state index contributed by atoms with van der Waals surface area (Å²) in [6.45, 7) is 3.03. The molecule has 0 radical (unpaired) electrons. The molecule has 0 aliphatic heterocycles. The van der Waals surface area contributed by atoms with Crippen molar-refractivity contribution in [3.8, 4) is 0 Å². The van der Waals surface area contributed by atoms with Gasteiger partial charge in [0.15, 0.2) is 0 Å². The molecule has 1 unspecified atom stereocenters. The molecule has 0 saturated carbocycles. The predicted octanol–water partition coefficient (Wildman–Crippen LogP) is 4.22. The Bertz CT molecular complexity index is 516. The van der Waals surface area contributed by atoms with Crippen molar-refractivity contribution in [1.82, 2.24) is 10.3 Å². The average Bonchev–Trinajstić information content (AvgIpc) is 2.93. The molecular formula is C14H16ClFN2S. The van der Waals surface area contributed by atoms with E-state index in [1.54, 1.807) is 17.4 Å². The number of nitrogens with zero attached hydrogens (tertiary/aromatic N) is 1. The van der Waals surface area contributed by atoms with E-state index >= 15 is 0 Å². The van der Waals surface area contributed by atoms with Crippen LogP contribution in [0.15, 0.2) is 29.9 Å². The molecule has 2 nitrogen and oxygen atoms in total. The van der Waals surface area contributed by atoms with Gasteiger partial charge >= 0.3 is 0 Å². The maximum Gasteiger partial charge on any atom is 0.142 e. The van der Waals surface area contributed by atoms with Gasteiger partial charge in [-0.2, -0.15) is 0 Å². The highest BCUT2D eigenvalue weighted by atomic mass is 35.5. The van der Waals surface area contributed by atoms with Crippen LogP contribution >= 0.6 is 22.9 Å². The van der Waals surface area contributed by atoms with E-state index in [1.165, 1.54) is 6.07 Å². The Labute approximate surface area is 121 Å². The monoisotopic (exact) mass is 298 g/mol. The van der Waals surface area contributed by atoms with Crippen molar-refractivity contribution in [3.63, 3.8) is 0 Å². The number of aromatic nitrogens is 1. The molecule has 0 spiro atoms. The first-order chi connectivity index (χ1) is 9.22. The zero-order valence-corrected chi connectivity index (χ0v) is 12.3. The highest BCUT2D eigenvalue weighted by molar-refractivity contribution is 7.09. The van der Waals surface area contributed by atoms with Crippen molar-refractivity contribution in [2.45, 2.75) is 25.8 Å². The number of halogens is 2. The Balaban J connectivity index is 2.18. The van der Waals surface area contributed by atoms with Crippen molar-refractivity contribution in [2.24, 2.45) is 0 Å². The third kappa shape index (κ3) is 3.75. The normalized spacial score (nSPS) is 12.6. The summed E-state index contributed by atoms with van der Waals surface area (Å²) in [5.41, 5.74) is 2.63. The molecule has 1 atom stereocenters. The van der Waals surface area contributed by atoms with Gasteiger partial charge in [-0.15, -0.1) is 11.3 Å². The fourth-order valence-electron chi connectivity index (χ4n) is 1.92. The van der Waals surface area contributed by atoms with Crippen molar-refractivity contribution in [1.29, 1.82) is 0 Å². The number of nitrogens with one attached hydrogen (secondary N) is 1. The SMILES string of the molecule is CCCNC(Cc1cccc(F)c1Cl)c1cncs1. The number of benzene rings is 1. The second-order valence-corrected chi connectivity index (χ2v) is 5.62. The summed E-state index contributed by atoms with van der Waals surface area (Å²) >= 11 is 7.62. The topological polar surface area (TPSA) is 24.9 Å². The number of thiazole rings is 1. The van der Waals surface area contributed by atoms with Crippen LogP contribution in [0, 0.1) is 5.82 Å². The van der Waals surface area contributed by atoms with Crippen LogP contribution < -0.4 is 5.32 Å². The van der Waals surface area contributed by atoms with E-state index < -0.39 is 0 Å². The predicted molar refractivity (Wildman–Crippen MR) is 78.3 cm³/mol. The van der Waals surface area contributed by atoms with Crippen LogP contribution in [0.4, 0.5) is 4.39 Å². The lowest BCUT2D eigenvalue weighted by atomic mass is 10.0. The maximum absolute atomic E-state index is 13.5. The number of rotatable bonds is 6. The zero-order valence-electron chi connectivity index (χ0n) is 10.7. The maximum atomic E-state index is 13.5. The van der Waals surface area contributed by atoms with Crippen LogP contribution in [-0.2, 0) is 6.42 Å². The van der Waals surface area contributed by atoms with E-state index in [0.29, 0.717) is 6.42 Å². The summed E-state index contributed by atoms with van der Waals surface area (Å²) in [6, 6.07) is 5.08. The second-order valence-electron chi connectivity index (χ2n) is 4.33. The molecule has 0 aliphatic carbocycles. The Morgan fingerprint density at radius 2 is 2.32 bits per heavy atom. The fraction of sp³-hybridized carbons (Fsp3) is 0.357. The van der Waals surface area contributed by atoms with Crippen LogP contribution in [0.25, 0.3) is 0 Å². The van der Waals surface area contributed by atoms with Gasteiger partial charge in [0.1, 0.15) is 5.82 Å². The summed E-state index contributed by atoms with van der Waals surface area (Å²) in [6.07, 6.45) is 3.57. The molecule has 19 heavy (non-hydrogen) atoms. The summed E-state index contributed by atoms with van der Waals surface area (Å²) in [4.78, 5) is 5.25. The minimum atomic E-state index is -0.363. The largest absolute Gasteiger partial charge is 0.309 e. The van der Waals surface area contributed by atoms with Crippen LogP contribution in [0.3, 0.4) is 0 Å². The summed E-state index contributed by atoms with van der Waals surface area (Å²) in [5.74, 6) is -0.363. The van der Waals surface area contributed by atoms with Crippen LogP contribution in [0.5, 0.6) is 0 Å². The quantitative estimate of drug-likeness (QED) is 0.864. The minimum Gasteiger partial charge on any atom is -0.309 e. The fourth-order valence-corrected chi connectivity index (χ4v) is 2.81. The van der Waals surface area contributed by atoms with E-state index in [2.05, 4.69) is 17.2 Å². The standard InChI is InChI=1S/C14H16ClFN2S/c1-2-6-18-12(13-8-17-9-19-13)7-10-4-3-5-11(16)14(10)15/h3-5,8-9,12,18H,2,6-7H2,1H3. The zero-order chi connectivity index (χ0) is 13.7.